The molecular weight excluding hydrogens is 309 g/mol. The van der Waals surface area contributed by atoms with Crippen LogP contribution in [0.2, 0.25) is 0 Å². The SMILES string of the molecule is CC(O)OC(C)OC(O)C(C)N1C(=O)C(=O)c2cc(F)ccc21. The van der Waals surface area contributed by atoms with Gasteiger partial charge in [0.25, 0.3) is 11.7 Å². The third-order valence-corrected chi connectivity index (χ3v) is 3.42. The molecule has 126 valence electrons. The third-order valence-electron chi connectivity index (χ3n) is 3.42. The van der Waals surface area contributed by atoms with Crippen molar-refractivity contribution in [3.63, 3.8) is 0 Å². The Hall–Kier alpha value is -1.87. The molecular formula is C15H18FNO6. The first-order valence-electron chi connectivity index (χ1n) is 7.07. The predicted molar refractivity (Wildman–Crippen MR) is 77.0 cm³/mol. The van der Waals surface area contributed by atoms with Gasteiger partial charge in [0.05, 0.1) is 17.3 Å². The molecule has 1 aliphatic rings. The topological polar surface area (TPSA) is 96.3 Å². The molecule has 1 heterocycles. The molecule has 0 spiro atoms. The van der Waals surface area contributed by atoms with Crippen molar-refractivity contribution in [3.05, 3.63) is 29.6 Å². The number of ketones is 1. The standard InChI is InChI=1S/C15H18FNO6/c1-7(15(21)23-9(3)22-8(2)18)17-12-5-4-10(16)6-11(12)13(19)14(17)20/h4-9,15,18,21H,1-3H3. The van der Waals surface area contributed by atoms with E-state index in [4.69, 9.17) is 14.6 Å². The van der Waals surface area contributed by atoms with E-state index in [9.17, 15) is 19.1 Å². The molecule has 0 saturated carbocycles. The summed E-state index contributed by atoms with van der Waals surface area (Å²) in [5, 5.41) is 19.2. The van der Waals surface area contributed by atoms with Crippen LogP contribution in [0.15, 0.2) is 18.2 Å². The molecule has 7 nitrogen and oxygen atoms in total. The Morgan fingerprint density at radius 2 is 1.78 bits per heavy atom. The highest BCUT2D eigenvalue weighted by molar-refractivity contribution is 6.52. The molecule has 23 heavy (non-hydrogen) atoms. The average Bonchev–Trinajstić information content (AvgIpc) is 2.69. The highest BCUT2D eigenvalue weighted by Crippen LogP contribution is 2.32. The van der Waals surface area contributed by atoms with E-state index in [1.807, 2.05) is 0 Å². The van der Waals surface area contributed by atoms with Crippen LogP contribution < -0.4 is 4.90 Å². The predicted octanol–water partition coefficient (Wildman–Crippen LogP) is 0.779. The molecule has 0 saturated heterocycles. The number of Topliss-reactive ketones (excluding diaryl/α,β-unsaturated/α-hetero) is 1. The van der Waals surface area contributed by atoms with Gasteiger partial charge in [0, 0.05) is 0 Å². The molecule has 4 atom stereocenters. The Morgan fingerprint density at radius 1 is 1.13 bits per heavy atom. The smallest absolute Gasteiger partial charge is 0.299 e. The lowest BCUT2D eigenvalue weighted by Gasteiger charge is -2.30. The summed E-state index contributed by atoms with van der Waals surface area (Å²) in [6, 6.07) is 2.48. The number of fused-ring (bicyclic) bond motifs is 1. The summed E-state index contributed by atoms with van der Waals surface area (Å²) in [6.07, 6.45) is -3.50. The van der Waals surface area contributed by atoms with Crippen molar-refractivity contribution in [3.8, 4) is 0 Å². The van der Waals surface area contributed by atoms with Crippen LogP contribution in [-0.4, -0.2) is 46.8 Å². The van der Waals surface area contributed by atoms with Crippen LogP contribution in [0.1, 0.15) is 31.1 Å². The summed E-state index contributed by atoms with van der Waals surface area (Å²) in [7, 11) is 0. The summed E-state index contributed by atoms with van der Waals surface area (Å²) in [5.41, 5.74) is 0.156. The van der Waals surface area contributed by atoms with Gasteiger partial charge < -0.3 is 19.7 Å². The van der Waals surface area contributed by atoms with Crippen LogP contribution in [0, 0.1) is 5.82 Å². The maximum atomic E-state index is 13.2. The van der Waals surface area contributed by atoms with Crippen molar-refractivity contribution in [1.82, 2.24) is 0 Å². The molecule has 0 aromatic heterocycles. The maximum Gasteiger partial charge on any atom is 0.299 e. The third kappa shape index (κ3) is 3.56. The number of ether oxygens (including phenoxy) is 2. The highest BCUT2D eigenvalue weighted by Gasteiger charge is 2.41. The number of aliphatic hydroxyl groups is 2. The number of carbonyl (C=O) groups is 2. The van der Waals surface area contributed by atoms with E-state index in [-0.39, 0.29) is 11.3 Å². The number of anilines is 1. The van der Waals surface area contributed by atoms with Crippen molar-refractivity contribution in [1.29, 1.82) is 0 Å². The van der Waals surface area contributed by atoms with Gasteiger partial charge in [-0.15, -0.1) is 0 Å². The van der Waals surface area contributed by atoms with E-state index in [0.717, 1.165) is 17.0 Å². The largest absolute Gasteiger partial charge is 0.368 e. The lowest BCUT2D eigenvalue weighted by atomic mass is 10.1. The second kappa shape index (κ2) is 6.71. The number of aliphatic hydroxyl groups excluding tert-OH is 2. The quantitative estimate of drug-likeness (QED) is 0.592. The molecule has 1 aromatic carbocycles. The van der Waals surface area contributed by atoms with Crippen LogP contribution in [0.5, 0.6) is 0 Å². The number of benzene rings is 1. The van der Waals surface area contributed by atoms with Gasteiger partial charge in [-0.25, -0.2) is 4.39 Å². The van der Waals surface area contributed by atoms with Crippen LogP contribution in [0.25, 0.3) is 0 Å². The first kappa shape index (κ1) is 17.5. The van der Waals surface area contributed by atoms with E-state index in [2.05, 4.69) is 0 Å². The molecule has 2 N–H and O–H groups in total. The number of rotatable bonds is 6. The van der Waals surface area contributed by atoms with Gasteiger partial charge >= 0.3 is 0 Å². The first-order chi connectivity index (χ1) is 10.7. The van der Waals surface area contributed by atoms with Crippen LogP contribution in [0.4, 0.5) is 10.1 Å². The van der Waals surface area contributed by atoms with Gasteiger partial charge in [-0.2, -0.15) is 0 Å². The Bertz CT molecular complexity index is 620. The number of nitrogens with zero attached hydrogens (tertiary/aromatic N) is 1. The second-order valence-corrected chi connectivity index (χ2v) is 5.24. The first-order valence-corrected chi connectivity index (χ1v) is 7.07. The Balaban J connectivity index is 2.18. The number of halogens is 1. The Labute approximate surface area is 132 Å². The van der Waals surface area contributed by atoms with Gasteiger partial charge in [-0.05, 0) is 39.0 Å². The van der Waals surface area contributed by atoms with Crippen molar-refractivity contribution in [2.45, 2.75) is 45.7 Å². The summed E-state index contributed by atoms with van der Waals surface area (Å²) < 4.78 is 23.3. The van der Waals surface area contributed by atoms with Gasteiger partial charge in [-0.3, -0.25) is 14.5 Å². The minimum absolute atomic E-state index is 0.0534. The average molecular weight is 327 g/mol. The molecule has 0 aliphatic carbocycles. The van der Waals surface area contributed by atoms with Crippen molar-refractivity contribution < 1.29 is 33.7 Å². The van der Waals surface area contributed by atoms with Gasteiger partial charge in [0.2, 0.25) is 0 Å². The second-order valence-electron chi connectivity index (χ2n) is 5.24. The van der Waals surface area contributed by atoms with E-state index in [1.165, 1.54) is 26.8 Å². The molecule has 1 aliphatic heterocycles. The van der Waals surface area contributed by atoms with Crippen molar-refractivity contribution in [2.75, 3.05) is 4.90 Å². The number of hydrogen-bond donors (Lipinski definition) is 2. The zero-order valence-corrected chi connectivity index (χ0v) is 12.9. The van der Waals surface area contributed by atoms with Crippen molar-refractivity contribution in [2.24, 2.45) is 0 Å². The molecule has 0 radical (unpaired) electrons. The molecule has 0 fully saturated rings. The van der Waals surface area contributed by atoms with Gasteiger partial charge in [0.1, 0.15) is 5.82 Å². The summed E-state index contributed by atoms with van der Waals surface area (Å²) in [5.74, 6) is -2.34. The Kier molecular flexibility index (Phi) is 5.10. The van der Waals surface area contributed by atoms with Crippen LogP contribution >= 0.6 is 0 Å². The molecule has 1 aromatic rings. The highest BCUT2D eigenvalue weighted by atomic mass is 19.1. The Morgan fingerprint density at radius 3 is 2.39 bits per heavy atom. The van der Waals surface area contributed by atoms with E-state index in [0.29, 0.717) is 0 Å². The minimum Gasteiger partial charge on any atom is -0.368 e. The molecule has 2 rings (SSSR count). The lowest BCUT2D eigenvalue weighted by molar-refractivity contribution is -0.267. The number of amides is 1. The fourth-order valence-corrected chi connectivity index (χ4v) is 2.39. The fraction of sp³-hybridized carbons (Fsp3) is 0.467. The van der Waals surface area contributed by atoms with Crippen molar-refractivity contribution >= 4 is 17.4 Å². The van der Waals surface area contributed by atoms with E-state index < -0.39 is 42.4 Å². The van der Waals surface area contributed by atoms with Gasteiger partial charge in [-0.1, -0.05) is 0 Å². The molecule has 4 unspecified atom stereocenters. The van der Waals surface area contributed by atoms with Gasteiger partial charge in [0.15, 0.2) is 18.9 Å². The zero-order valence-electron chi connectivity index (χ0n) is 12.9. The number of carbonyl (C=O) groups excluding carboxylic acids is 2. The normalized spacial score (nSPS) is 19.5. The molecule has 1 amide bonds. The molecule has 8 heteroatoms. The monoisotopic (exact) mass is 327 g/mol. The zero-order chi connectivity index (χ0) is 17.3. The maximum absolute atomic E-state index is 13.2. The summed E-state index contributed by atoms with van der Waals surface area (Å²) >= 11 is 0. The molecule has 0 bridgehead atoms. The summed E-state index contributed by atoms with van der Waals surface area (Å²) in [6.45, 7) is 4.31. The minimum atomic E-state index is -1.48. The van der Waals surface area contributed by atoms with Crippen LogP contribution in [-0.2, 0) is 14.3 Å². The number of hydrogen-bond acceptors (Lipinski definition) is 6. The fourth-order valence-electron chi connectivity index (χ4n) is 2.39. The van der Waals surface area contributed by atoms with E-state index >= 15 is 0 Å². The van der Waals surface area contributed by atoms with Crippen LogP contribution in [0.3, 0.4) is 0 Å². The van der Waals surface area contributed by atoms with E-state index in [1.54, 1.807) is 0 Å². The lowest BCUT2D eigenvalue weighted by Crippen LogP contribution is -2.47. The summed E-state index contributed by atoms with van der Waals surface area (Å²) in [4.78, 5) is 25.1.